The summed E-state index contributed by atoms with van der Waals surface area (Å²) >= 11 is 0. The van der Waals surface area contributed by atoms with Crippen molar-refractivity contribution >= 4 is 17.9 Å². The predicted octanol–water partition coefficient (Wildman–Crippen LogP) is 18.7. The third-order valence-corrected chi connectivity index (χ3v) is 15.3. The average molecular weight is 1080 g/mol. The van der Waals surface area contributed by atoms with Crippen molar-refractivity contribution in [1.29, 1.82) is 0 Å². The highest BCUT2D eigenvalue weighted by Gasteiger charge is 2.22. The van der Waals surface area contributed by atoms with Crippen molar-refractivity contribution in [3.8, 4) is 0 Å². The maximum absolute atomic E-state index is 12.9. The molecule has 2 atom stereocenters. The fourth-order valence-electron chi connectivity index (χ4n) is 10.1. The minimum Gasteiger partial charge on any atom is -0.545 e. The van der Waals surface area contributed by atoms with E-state index in [1.54, 1.807) is 0 Å². The zero-order chi connectivity index (χ0) is 55.5. The molecule has 2 unspecified atom stereocenters. The van der Waals surface area contributed by atoms with Gasteiger partial charge >= 0.3 is 11.9 Å². The van der Waals surface area contributed by atoms with Gasteiger partial charge in [-0.3, -0.25) is 9.59 Å². The topological polar surface area (TPSA) is 111 Å². The van der Waals surface area contributed by atoms with Crippen LogP contribution in [0, 0.1) is 0 Å². The lowest BCUT2D eigenvalue weighted by molar-refractivity contribution is -0.870. The molecule has 9 nitrogen and oxygen atoms in total. The first kappa shape index (κ1) is 74.0. The molecule has 0 saturated heterocycles. The third-order valence-electron chi connectivity index (χ3n) is 15.3. The van der Waals surface area contributed by atoms with Crippen molar-refractivity contribution in [2.45, 2.75) is 354 Å². The summed E-state index contributed by atoms with van der Waals surface area (Å²) in [6, 6.07) is 0. The zero-order valence-electron chi connectivity index (χ0n) is 51.4. The van der Waals surface area contributed by atoms with Crippen LogP contribution in [0.3, 0.4) is 0 Å². The van der Waals surface area contributed by atoms with Gasteiger partial charge in [0.2, 0.25) is 0 Å². The highest BCUT2D eigenvalue weighted by Crippen LogP contribution is 2.19. The van der Waals surface area contributed by atoms with Gasteiger partial charge in [0.15, 0.2) is 12.4 Å². The number of quaternary nitrogens is 1. The molecule has 76 heavy (non-hydrogen) atoms. The molecule has 0 aliphatic carbocycles. The lowest BCUT2D eigenvalue weighted by atomic mass is 10.0. The van der Waals surface area contributed by atoms with Gasteiger partial charge in [0, 0.05) is 12.8 Å². The Hall–Kier alpha value is -1.97. The molecule has 0 aromatic carbocycles. The largest absolute Gasteiger partial charge is 0.545 e. The molecule has 0 fully saturated rings. The van der Waals surface area contributed by atoms with Crippen LogP contribution < -0.4 is 5.11 Å². The standard InChI is InChI=1S/C67H129NO8/c1-6-8-10-12-14-16-18-20-22-24-26-28-30-31-32-33-34-36-37-39-41-43-45-47-49-51-53-55-57-64(69)74-61-63(62-75-67(66(71)72)73-60-59-68(3,4)5)76-65(70)58-56-54-52-50-48-46-44-42-40-38-35-29-27-25-23-21-19-17-15-13-11-9-7-2/h25,27,63,67H,6-24,26,28-62H2,1-5H3/b27-25-. The SMILES string of the molecule is CCCCCCCCCC/C=C\CCCCCCCCCCCCCC(=O)OC(COC(=O)CCCCCCCCCCCCCCCCCCCCCCCCCCCCCC)COC(OCC[N+](C)(C)C)C(=O)[O-]. The molecule has 0 aliphatic rings. The number of ether oxygens (including phenoxy) is 4. The second-order valence-electron chi connectivity index (χ2n) is 24.1. The van der Waals surface area contributed by atoms with Crippen LogP contribution in [0.15, 0.2) is 12.2 Å². The molecule has 0 bridgehead atoms. The Labute approximate surface area is 472 Å². The monoisotopic (exact) mass is 1080 g/mol. The Bertz CT molecular complexity index is 1250. The molecule has 0 aromatic heterocycles. The number of hydrogen-bond donors (Lipinski definition) is 0. The van der Waals surface area contributed by atoms with Gasteiger partial charge in [-0.15, -0.1) is 0 Å². The third kappa shape index (κ3) is 59.7. The van der Waals surface area contributed by atoms with Crippen LogP contribution >= 0.6 is 0 Å². The molecule has 0 N–H and O–H groups in total. The van der Waals surface area contributed by atoms with Crippen LogP contribution in [0.1, 0.15) is 341 Å². The van der Waals surface area contributed by atoms with Crippen molar-refractivity contribution < 1.29 is 42.9 Å². The molecule has 0 aliphatic heterocycles. The van der Waals surface area contributed by atoms with Gasteiger partial charge in [-0.1, -0.05) is 302 Å². The molecule has 0 saturated carbocycles. The van der Waals surface area contributed by atoms with Crippen molar-refractivity contribution in [3.05, 3.63) is 12.2 Å². The average Bonchev–Trinajstić information content (AvgIpc) is 3.39. The van der Waals surface area contributed by atoms with Gasteiger partial charge in [-0.05, 0) is 38.5 Å². The van der Waals surface area contributed by atoms with Gasteiger partial charge in [0.25, 0.3) is 0 Å². The Balaban J connectivity index is 4.09. The summed E-state index contributed by atoms with van der Waals surface area (Å²) in [5.41, 5.74) is 0. The number of allylic oxidation sites excluding steroid dienone is 2. The summed E-state index contributed by atoms with van der Waals surface area (Å²) < 4.78 is 22.8. The number of aliphatic carboxylic acids is 1. The normalized spacial score (nSPS) is 12.7. The highest BCUT2D eigenvalue weighted by molar-refractivity contribution is 5.70. The van der Waals surface area contributed by atoms with Crippen LogP contribution in [-0.2, 0) is 33.3 Å². The smallest absolute Gasteiger partial charge is 0.306 e. The Morgan fingerprint density at radius 3 is 0.974 bits per heavy atom. The van der Waals surface area contributed by atoms with Crippen molar-refractivity contribution in [2.24, 2.45) is 0 Å². The van der Waals surface area contributed by atoms with E-state index in [2.05, 4.69) is 26.0 Å². The molecule has 0 aromatic rings. The van der Waals surface area contributed by atoms with Gasteiger partial charge in [-0.2, -0.15) is 0 Å². The van der Waals surface area contributed by atoms with Crippen molar-refractivity contribution in [1.82, 2.24) is 0 Å². The number of unbranched alkanes of at least 4 members (excludes halogenated alkanes) is 46. The first-order valence-electron chi connectivity index (χ1n) is 33.3. The number of esters is 2. The molecular weight excluding hydrogens is 947 g/mol. The molecular formula is C67H129NO8. The van der Waals surface area contributed by atoms with Gasteiger partial charge in [0.1, 0.15) is 13.2 Å². The van der Waals surface area contributed by atoms with E-state index in [0.29, 0.717) is 17.4 Å². The molecule has 0 rings (SSSR count). The second kappa shape index (κ2) is 59.2. The molecule has 0 spiro atoms. The number of nitrogens with zero attached hydrogens (tertiary/aromatic N) is 1. The Kier molecular flexibility index (Phi) is 57.6. The van der Waals surface area contributed by atoms with Crippen molar-refractivity contribution in [2.75, 3.05) is 47.5 Å². The number of likely N-dealkylation sites (N-methyl/N-ethyl adjacent to an activating group) is 1. The van der Waals surface area contributed by atoms with Crippen LogP contribution in [-0.4, -0.2) is 82.3 Å². The first-order valence-corrected chi connectivity index (χ1v) is 33.3. The number of rotatable bonds is 63. The van der Waals surface area contributed by atoms with E-state index >= 15 is 0 Å². The summed E-state index contributed by atoms with van der Waals surface area (Å²) in [6.45, 7) is 4.82. The summed E-state index contributed by atoms with van der Waals surface area (Å²) in [4.78, 5) is 37.4. The number of carbonyl (C=O) groups is 3. The summed E-state index contributed by atoms with van der Waals surface area (Å²) in [7, 11) is 5.94. The second-order valence-corrected chi connectivity index (χ2v) is 24.1. The fraction of sp³-hybridized carbons (Fsp3) is 0.925. The summed E-state index contributed by atoms with van der Waals surface area (Å²) in [6.07, 6.45) is 67.1. The first-order chi connectivity index (χ1) is 37.1. The lowest BCUT2D eigenvalue weighted by Crippen LogP contribution is -2.44. The molecule has 450 valence electrons. The number of carbonyl (C=O) groups excluding carboxylic acids is 3. The van der Waals surface area contributed by atoms with E-state index in [1.807, 2.05) is 21.1 Å². The van der Waals surface area contributed by atoms with Gasteiger partial charge in [0.05, 0.1) is 40.3 Å². The molecule has 0 radical (unpaired) electrons. The number of hydrogen-bond acceptors (Lipinski definition) is 8. The number of carboxylic acids is 1. The van der Waals surface area contributed by atoms with E-state index in [1.165, 1.54) is 276 Å². The summed E-state index contributed by atoms with van der Waals surface area (Å²) in [5, 5.41) is 11.8. The van der Waals surface area contributed by atoms with Crippen LogP contribution in [0.2, 0.25) is 0 Å². The summed E-state index contributed by atoms with van der Waals surface area (Å²) in [5.74, 6) is -2.25. The molecule has 9 heteroatoms. The lowest BCUT2D eigenvalue weighted by Gasteiger charge is -2.26. The van der Waals surface area contributed by atoms with E-state index in [0.717, 1.165) is 38.5 Å². The molecule has 0 amide bonds. The predicted molar refractivity (Wildman–Crippen MR) is 320 cm³/mol. The quantitative estimate of drug-likeness (QED) is 0.0195. The minimum atomic E-state index is -1.62. The van der Waals surface area contributed by atoms with Crippen molar-refractivity contribution in [3.63, 3.8) is 0 Å². The highest BCUT2D eigenvalue weighted by atomic mass is 16.7. The fourth-order valence-corrected chi connectivity index (χ4v) is 10.1. The van der Waals surface area contributed by atoms with Gasteiger partial charge < -0.3 is 33.3 Å². The van der Waals surface area contributed by atoms with Gasteiger partial charge in [-0.25, -0.2) is 0 Å². The zero-order valence-corrected chi connectivity index (χ0v) is 51.4. The van der Waals surface area contributed by atoms with Crippen LogP contribution in [0.4, 0.5) is 0 Å². The van der Waals surface area contributed by atoms with Crippen LogP contribution in [0.25, 0.3) is 0 Å². The number of carboxylic acid groups (broad SMARTS) is 1. The van der Waals surface area contributed by atoms with E-state index < -0.39 is 24.3 Å². The maximum Gasteiger partial charge on any atom is 0.306 e. The minimum absolute atomic E-state index is 0.152. The molecule has 0 heterocycles. The van der Waals surface area contributed by atoms with E-state index in [9.17, 15) is 19.5 Å². The Morgan fingerprint density at radius 1 is 0.382 bits per heavy atom. The van der Waals surface area contributed by atoms with E-state index in [4.69, 9.17) is 18.9 Å². The van der Waals surface area contributed by atoms with E-state index in [-0.39, 0.29) is 32.2 Å². The maximum atomic E-state index is 12.9. The van der Waals surface area contributed by atoms with Crippen LogP contribution in [0.5, 0.6) is 0 Å². The Morgan fingerprint density at radius 2 is 0.671 bits per heavy atom.